The van der Waals surface area contributed by atoms with Crippen LogP contribution in [0.5, 0.6) is 0 Å². The molecule has 1 aromatic rings. The summed E-state index contributed by atoms with van der Waals surface area (Å²) in [5.41, 5.74) is 1.46. The van der Waals surface area contributed by atoms with Crippen LogP contribution in [0.1, 0.15) is 87.6 Å². The summed E-state index contributed by atoms with van der Waals surface area (Å²) in [4.78, 5) is 39.7. The molecule has 0 saturated carbocycles. The van der Waals surface area contributed by atoms with Crippen LogP contribution < -0.4 is 5.32 Å². The summed E-state index contributed by atoms with van der Waals surface area (Å²) in [6.07, 6.45) is 10.9. The molecule has 226 valence electrons. The molecule has 0 aromatic heterocycles. The molecule has 0 radical (unpaired) electrons. The van der Waals surface area contributed by atoms with Gasteiger partial charge in [-0.1, -0.05) is 51.7 Å². The number of aliphatic hydroxyl groups excluding tert-OH is 1. The average Bonchev–Trinajstić information content (AvgIpc) is 3.33. The highest BCUT2D eigenvalue weighted by Crippen LogP contribution is 2.43. The third kappa shape index (κ3) is 9.24. The fourth-order valence-electron chi connectivity index (χ4n) is 5.17. The van der Waals surface area contributed by atoms with Crippen molar-refractivity contribution < 1.29 is 33.7 Å². The third-order valence-corrected chi connectivity index (χ3v) is 7.43. The number of carbonyl (C=O) groups excluding carboxylic acids is 3. The van der Waals surface area contributed by atoms with Crippen molar-refractivity contribution in [3.63, 3.8) is 0 Å². The Morgan fingerprint density at radius 2 is 1.80 bits per heavy atom. The van der Waals surface area contributed by atoms with E-state index in [1.807, 2.05) is 0 Å². The van der Waals surface area contributed by atoms with E-state index in [1.165, 1.54) is 11.0 Å². The van der Waals surface area contributed by atoms with Crippen LogP contribution in [0.25, 0.3) is 6.08 Å². The highest BCUT2D eigenvalue weighted by Gasteiger charge is 2.52. The molecule has 1 heterocycles. The molecule has 1 saturated heterocycles. The minimum Gasteiger partial charge on any atom is -0.456 e. The zero-order chi connectivity index (χ0) is 29.8. The Labute approximate surface area is 243 Å². The van der Waals surface area contributed by atoms with Crippen LogP contribution in [-0.4, -0.2) is 79.1 Å². The molecule has 3 rings (SSSR count). The van der Waals surface area contributed by atoms with Gasteiger partial charge in [0.15, 0.2) is 5.79 Å². The van der Waals surface area contributed by atoms with E-state index in [2.05, 4.69) is 19.2 Å². The first-order valence-corrected chi connectivity index (χ1v) is 14.9. The van der Waals surface area contributed by atoms with Crippen LogP contribution >= 0.6 is 0 Å². The summed E-state index contributed by atoms with van der Waals surface area (Å²) in [5.74, 6) is -1.82. The van der Waals surface area contributed by atoms with Gasteiger partial charge in [0.2, 0.25) is 11.8 Å². The highest BCUT2D eigenvalue weighted by atomic mass is 16.8. The second-order valence-electron chi connectivity index (χ2n) is 11.0. The monoisotopic (exact) mass is 570 g/mol. The average molecular weight is 571 g/mol. The number of carbonyl (C=O) groups is 3. The van der Waals surface area contributed by atoms with Crippen LogP contribution in [0.3, 0.4) is 0 Å². The molecule has 1 aliphatic carbocycles. The molecule has 3 atom stereocenters. The molecule has 0 bridgehead atoms. The molecule has 2 N–H and O–H groups in total. The van der Waals surface area contributed by atoms with Gasteiger partial charge in [-0.05, 0) is 42.7 Å². The van der Waals surface area contributed by atoms with Gasteiger partial charge >= 0.3 is 5.97 Å². The number of unbranched alkanes of at least 4 members (excludes halogenated alkanes) is 4. The standard InChI is InChI=1S/C32H46N2O7/c1-5-7-9-16-32(17-10-8-6-2)40-27-22-25(30(37)33-18-19-35)21-26(29(27)41-32)39-31(38)24-13-11-12-23(20-24)14-15-28(36)34(3)4/h11-15,20,22,26-27,29,35H,5-10,16-19,21H2,1-4H3,(H,33,37)/t26-,27-,29+/m1/s1. The van der Waals surface area contributed by atoms with Gasteiger partial charge in [-0.2, -0.15) is 0 Å². The predicted octanol–water partition coefficient (Wildman–Crippen LogP) is 4.39. The Bertz CT molecular complexity index is 1090. The van der Waals surface area contributed by atoms with Crippen molar-refractivity contribution >= 4 is 23.9 Å². The Hall–Kier alpha value is -3.01. The number of amides is 2. The number of hydrogen-bond donors (Lipinski definition) is 2. The van der Waals surface area contributed by atoms with Crippen molar-refractivity contribution in [3.8, 4) is 0 Å². The molecule has 1 aliphatic heterocycles. The van der Waals surface area contributed by atoms with E-state index in [0.717, 1.165) is 51.4 Å². The number of hydrogen-bond acceptors (Lipinski definition) is 7. The van der Waals surface area contributed by atoms with Crippen molar-refractivity contribution in [2.24, 2.45) is 0 Å². The van der Waals surface area contributed by atoms with E-state index in [4.69, 9.17) is 14.2 Å². The van der Waals surface area contributed by atoms with Gasteiger partial charge in [0.25, 0.3) is 0 Å². The Morgan fingerprint density at radius 3 is 2.44 bits per heavy atom. The minimum absolute atomic E-state index is 0.126. The van der Waals surface area contributed by atoms with E-state index in [-0.39, 0.29) is 31.4 Å². The summed E-state index contributed by atoms with van der Waals surface area (Å²) in [7, 11) is 3.34. The van der Waals surface area contributed by atoms with E-state index in [1.54, 1.807) is 50.5 Å². The lowest BCUT2D eigenvalue weighted by atomic mass is 9.91. The number of nitrogens with zero attached hydrogens (tertiary/aromatic N) is 1. The smallest absolute Gasteiger partial charge is 0.338 e. The van der Waals surface area contributed by atoms with Crippen molar-refractivity contribution in [1.29, 1.82) is 0 Å². The molecule has 41 heavy (non-hydrogen) atoms. The van der Waals surface area contributed by atoms with Crippen LogP contribution in [0, 0.1) is 0 Å². The first kappa shape index (κ1) is 32.5. The number of fused-ring (bicyclic) bond motifs is 1. The predicted molar refractivity (Wildman–Crippen MR) is 157 cm³/mol. The highest BCUT2D eigenvalue weighted by molar-refractivity contribution is 5.95. The topological polar surface area (TPSA) is 114 Å². The number of ether oxygens (including phenoxy) is 3. The minimum atomic E-state index is -0.790. The van der Waals surface area contributed by atoms with Gasteiger partial charge in [-0.25, -0.2) is 4.79 Å². The number of nitrogens with one attached hydrogen (secondary N) is 1. The van der Waals surface area contributed by atoms with Crippen LogP contribution in [-0.2, 0) is 23.8 Å². The van der Waals surface area contributed by atoms with E-state index < -0.39 is 30.1 Å². The van der Waals surface area contributed by atoms with Crippen molar-refractivity contribution in [1.82, 2.24) is 10.2 Å². The Balaban J connectivity index is 1.84. The largest absolute Gasteiger partial charge is 0.456 e. The fraction of sp³-hybridized carbons (Fsp3) is 0.594. The lowest BCUT2D eigenvalue weighted by Gasteiger charge is -2.31. The summed E-state index contributed by atoms with van der Waals surface area (Å²) in [6, 6.07) is 6.85. The molecular formula is C32H46N2O7. The maximum atomic E-state index is 13.4. The van der Waals surface area contributed by atoms with Crippen molar-refractivity contribution in [2.45, 2.75) is 95.7 Å². The number of esters is 1. The molecule has 1 aromatic carbocycles. The zero-order valence-corrected chi connectivity index (χ0v) is 24.9. The molecular weight excluding hydrogens is 524 g/mol. The number of aliphatic hydroxyl groups is 1. The SMILES string of the molecule is CCCCCC1(CCCCC)O[C@@H]2[C@@H](C=C(C(=O)NCCO)C[C@H]2OC(=O)c2cccc(C=CC(=O)N(C)C)c2)O1. The zero-order valence-electron chi connectivity index (χ0n) is 24.9. The van der Waals surface area contributed by atoms with Crippen molar-refractivity contribution in [2.75, 3.05) is 27.2 Å². The summed E-state index contributed by atoms with van der Waals surface area (Å²) >= 11 is 0. The first-order chi connectivity index (χ1) is 19.7. The van der Waals surface area contributed by atoms with Gasteiger partial charge in [-0.3, -0.25) is 9.59 Å². The van der Waals surface area contributed by atoms with Crippen LogP contribution in [0.4, 0.5) is 0 Å². The number of rotatable bonds is 15. The molecule has 9 nitrogen and oxygen atoms in total. The second kappa shape index (κ2) is 15.8. The van der Waals surface area contributed by atoms with Crippen LogP contribution in [0.2, 0.25) is 0 Å². The van der Waals surface area contributed by atoms with E-state index >= 15 is 0 Å². The van der Waals surface area contributed by atoms with Gasteiger partial charge in [0.05, 0.1) is 12.2 Å². The summed E-state index contributed by atoms with van der Waals surface area (Å²) in [5, 5.41) is 11.9. The first-order valence-electron chi connectivity index (χ1n) is 14.9. The molecule has 0 unspecified atom stereocenters. The molecule has 9 heteroatoms. The number of likely N-dealkylation sites (N-methyl/N-ethyl adjacent to an activating group) is 1. The lowest BCUT2D eigenvalue weighted by Crippen LogP contribution is -2.43. The van der Waals surface area contributed by atoms with E-state index in [0.29, 0.717) is 16.7 Å². The quantitative estimate of drug-likeness (QED) is 0.183. The van der Waals surface area contributed by atoms with Crippen LogP contribution in [0.15, 0.2) is 42.0 Å². The lowest BCUT2D eigenvalue weighted by molar-refractivity contribution is -0.190. The van der Waals surface area contributed by atoms with Gasteiger partial charge < -0.3 is 29.5 Å². The Kier molecular flexibility index (Phi) is 12.6. The third-order valence-electron chi connectivity index (χ3n) is 7.43. The molecule has 2 amide bonds. The van der Waals surface area contributed by atoms with E-state index in [9.17, 15) is 19.5 Å². The fourth-order valence-corrected chi connectivity index (χ4v) is 5.17. The summed E-state index contributed by atoms with van der Waals surface area (Å²) < 4.78 is 19.2. The number of benzene rings is 1. The summed E-state index contributed by atoms with van der Waals surface area (Å²) in [6.45, 7) is 4.26. The normalized spacial score (nSPS) is 21.3. The molecule has 2 aliphatic rings. The molecule has 1 fully saturated rings. The maximum Gasteiger partial charge on any atom is 0.338 e. The molecule has 0 spiro atoms. The Morgan fingerprint density at radius 1 is 1.10 bits per heavy atom. The van der Waals surface area contributed by atoms with Crippen molar-refractivity contribution in [3.05, 3.63) is 53.1 Å². The van der Waals surface area contributed by atoms with Gasteiger partial charge in [-0.15, -0.1) is 0 Å². The second-order valence-corrected chi connectivity index (χ2v) is 11.0. The van der Waals surface area contributed by atoms with Gasteiger partial charge in [0.1, 0.15) is 18.3 Å². The van der Waals surface area contributed by atoms with Gasteiger partial charge in [0, 0.05) is 51.6 Å². The maximum absolute atomic E-state index is 13.4.